The van der Waals surface area contributed by atoms with E-state index in [1.54, 1.807) is 6.07 Å². The van der Waals surface area contributed by atoms with Crippen LogP contribution in [0.5, 0.6) is 0 Å². The van der Waals surface area contributed by atoms with Crippen molar-refractivity contribution in [2.24, 2.45) is 11.7 Å². The van der Waals surface area contributed by atoms with E-state index in [0.717, 1.165) is 12.2 Å². The van der Waals surface area contributed by atoms with Crippen LogP contribution in [0.3, 0.4) is 0 Å². The van der Waals surface area contributed by atoms with Crippen molar-refractivity contribution in [1.82, 2.24) is 0 Å². The maximum absolute atomic E-state index is 5.91. The normalized spacial score (nSPS) is 16.0. The molecule has 2 atom stereocenters. The summed E-state index contributed by atoms with van der Waals surface area (Å²) >= 11 is 5.63. The first-order valence-electron chi connectivity index (χ1n) is 4.16. The van der Waals surface area contributed by atoms with E-state index < -0.39 is 0 Å². The average molecular weight is 188 g/mol. The second kappa shape index (κ2) is 3.97. The van der Waals surface area contributed by atoms with Crippen molar-refractivity contribution >= 4 is 11.6 Å². The van der Waals surface area contributed by atoms with Crippen LogP contribution < -0.4 is 5.73 Å². The van der Waals surface area contributed by atoms with E-state index in [9.17, 15) is 0 Å². The van der Waals surface area contributed by atoms with Crippen LogP contribution in [0.1, 0.15) is 32.1 Å². The lowest BCUT2D eigenvalue weighted by Gasteiger charge is -2.15. The predicted molar refractivity (Wildman–Crippen MR) is 50.1 cm³/mol. The maximum Gasteiger partial charge on any atom is 0.193 e. The molecule has 68 valence electrons. The number of nitrogens with two attached hydrogens (primary N) is 1. The molecule has 1 aromatic heterocycles. The highest BCUT2D eigenvalue weighted by atomic mass is 35.5. The van der Waals surface area contributed by atoms with Crippen molar-refractivity contribution in [3.05, 3.63) is 23.1 Å². The van der Waals surface area contributed by atoms with E-state index in [1.807, 2.05) is 6.07 Å². The molecule has 0 spiro atoms. The van der Waals surface area contributed by atoms with Gasteiger partial charge in [-0.1, -0.05) is 20.3 Å². The van der Waals surface area contributed by atoms with Gasteiger partial charge in [0.1, 0.15) is 5.76 Å². The Morgan fingerprint density at radius 1 is 1.58 bits per heavy atom. The van der Waals surface area contributed by atoms with Crippen LogP contribution >= 0.6 is 11.6 Å². The quantitative estimate of drug-likeness (QED) is 0.790. The number of rotatable bonds is 3. The maximum atomic E-state index is 5.91. The van der Waals surface area contributed by atoms with Crippen molar-refractivity contribution in [2.75, 3.05) is 0 Å². The molecular formula is C9H14ClNO. The van der Waals surface area contributed by atoms with Crippen molar-refractivity contribution in [1.29, 1.82) is 0 Å². The molecule has 12 heavy (non-hydrogen) atoms. The standard InChI is InChI=1S/C9H14ClNO/c1-3-6(2)9(11)7-4-5-8(10)12-7/h4-6,9H,3,11H2,1-2H3/t6?,9-/m0/s1. The number of furan rings is 1. The van der Waals surface area contributed by atoms with Gasteiger partial charge in [0.05, 0.1) is 6.04 Å². The van der Waals surface area contributed by atoms with E-state index in [4.69, 9.17) is 21.8 Å². The Kier molecular flexibility index (Phi) is 3.18. The zero-order valence-corrected chi connectivity index (χ0v) is 8.14. The van der Waals surface area contributed by atoms with Crippen molar-refractivity contribution in [3.8, 4) is 0 Å². The van der Waals surface area contributed by atoms with E-state index in [0.29, 0.717) is 11.1 Å². The Labute approximate surface area is 77.7 Å². The summed E-state index contributed by atoms with van der Waals surface area (Å²) in [5.41, 5.74) is 5.91. The van der Waals surface area contributed by atoms with Crippen LogP contribution in [0.15, 0.2) is 16.5 Å². The Balaban J connectivity index is 2.70. The summed E-state index contributed by atoms with van der Waals surface area (Å²) in [5, 5.41) is 0.406. The van der Waals surface area contributed by atoms with Crippen LogP contribution in [0.2, 0.25) is 5.22 Å². The van der Waals surface area contributed by atoms with Crippen LogP contribution in [0, 0.1) is 5.92 Å². The van der Waals surface area contributed by atoms with Gasteiger partial charge in [-0.25, -0.2) is 0 Å². The summed E-state index contributed by atoms with van der Waals surface area (Å²) in [6, 6.07) is 3.51. The van der Waals surface area contributed by atoms with Crippen LogP contribution in [-0.4, -0.2) is 0 Å². The lowest BCUT2D eigenvalue weighted by atomic mass is 9.98. The van der Waals surface area contributed by atoms with Gasteiger partial charge in [0.2, 0.25) is 0 Å². The molecule has 1 aromatic rings. The number of hydrogen-bond acceptors (Lipinski definition) is 2. The summed E-state index contributed by atoms with van der Waals surface area (Å²) < 4.78 is 5.21. The van der Waals surface area contributed by atoms with Crippen LogP contribution in [-0.2, 0) is 0 Å². The van der Waals surface area contributed by atoms with Crippen molar-refractivity contribution in [2.45, 2.75) is 26.3 Å². The first-order valence-corrected chi connectivity index (χ1v) is 4.53. The lowest BCUT2D eigenvalue weighted by Crippen LogP contribution is -2.17. The minimum Gasteiger partial charge on any atom is -0.448 e. The molecule has 2 nitrogen and oxygen atoms in total. The molecule has 0 bridgehead atoms. The predicted octanol–water partition coefficient (Wildman–Crippen LogP) is 2.98. The highest BCUT2D eigenvalue weighted by molar-refractivity contribution is 6.28. The molecule has 0 fully saturated rings. The van der Waals surface area contributed by atoms with Gasteiger partial charge >= 0.3 is 0 Å². The van der Waals surface area contributed by atoms with Gasteiger partial charge in [0.25, 0.3) is 0 Å². The molecule has 0 aliphatic heterocycles. The summed E-state index contributed by atoms with van der Waals surface area (Å²) in [5.74, 6) is 1.20. The molecule has 1 rings (SSSR count). The lowest BCUT2D eigenvalue weighted by molar-refractivity contribution is 0.377. The molecule has 0 saturated carbocycles. The second-order valence-electron chi connectivity index (χ2n) is 3.05. The fraction of sp³-hybridized carbons (Fsp3) is 0.556. The molecule has 2 N–H and O–H groups in total. The van der Waals surface area contributed by atoms with Gasteiger partial charge in [0.15, 0.2) is 5.22 Å². The minimum absolute atomic E-state index is 0.0394. The minimum atomic E-state index is -0.0394. The monoisotopic (exact) mass is 187 g/mol. The van der Waals surface area contributed by atoms with Gasteiger partial charge in [-0.2, -0.15) is 0 Å². The Bertz CT molecular complexity index is 246. The van der Waals surface area contributed by atoms with Gasteiger partial charge < -0.3 is 10.2 Å². The molecule has 0 aliphatic rings. The number of halogens is 1. The molecular weight excluding hydrogens is 174 g/mol. The van der Waals surface area contributed by atoms with E-state index >= 15 is 0 Å². The largest absolute Gasteiger partial charge is 0.448 e. The summed E-state index contributed by atoms with van der Waals surface area (Å²) in [7, 11) is 0. The smallest absolute Gasteiger partial charge is 0.193 e. The van der Waals surface area contributed by atoms with Gasteiger partial charge in [-0.3, -0.25) is 0 Å². The molecule has 0 radical (unpaired) electrons. The third kappa shape index (κ3) is 2.02. The van der Waals surface area contributed by atoms with Crippen LogP contribution in [0.25, 0.3) is 0 Å². The fourth-order valence-corrected chi connectivity index (χ4v) is 1.19. The van der Waals surface area contributed by atoms with E-state index in [2.05, 4.69) is 13.8 Å². The number of hydrogen-bond donors (Lipinski definition) is 1. The molecule has 3 heteroatoms. The third-order valence-electron chi connectivity index (χ3n) is 2.18. The molecule has 1 unspecified atom stereocenters. The van der Waals surface area contributed by atoms with Crippen molar-refractivity contribution in [3.63, 3.8) is 0 Å². The first-order chi connectivity index (χ1) is 5.65. The zero-order valence-electron chi connectivity index (χ0n) is 7.38. The first kappa shape index (κ1) is 9.62. The highest BCUT2D eigenvalue weighted by Crippen LogP contribution is 2.25. The Hall–Kier alpha value is -0.470. The van der Waals surface area contributed by atoms with Crippen molar-refractivity contribution < 1.29 is 4.42 Å². The molecule has 0 amide bonds. The summed E-state index contributed by atoms with van der Waals surface area (Å²) in [6.07, 6.45) is 1.04. The third-order valence-corrected chi connectivity index (χ3v) is 2.38. The summed E-state index contributed by atoms with van der Waals surface area (Å²) in [4.78, 5) is 0. The molecule has 0 aliphatic carbocycles. The second-order valence-corrected chi connectivity index (χ2v) is 3.43. The average Bonchev–Trinajstić information content (AvgIpc) is 2.49. The van der Waals surface area contributed by atoms with Gasteiger partial charge in [-0.05, 0) is 29.7 Å². The van der Waals surface area contributed by atoms with E-state index in [-0.39, 0.29) is 6.04 Å². The zero-order chi connectivity index (χ0) is 9.14. The van der Waals surface area contributed by atoms with Gasteiger partial charge in [0, 0.05) is 0 Å². The summed E-state index contributed by atoms with van der Waals surface area (Å²) in [6.45, 7) is 4.20. The highest BCUT2D eigenvalue weighted by Gasteiger charge is 2.16. The molecule has 1 heterocycles. The van der Waals surface area contributed by atoms with Crippen LogP contribution in [0.4, 0.5) is 0 Å². The fourth-order valence-electron chi connectivity index (χ4n) is 1.04. The van der Waals surface area contributed by atoms with E-state index in [1.165, 1.54) is 0 Å². The topological polar surface area (TPSA) is 39.2 Å². The molecule has 0 saturated heterocycles. The Morgan fingerprint density at radius 3 is 2.67 bits per heavy atom. The Morgan fingerprint density at radius 2 is 2.25 bits per heavy atom. The SMILES string of the molecule is CCC(C)[C@H](N)c1ccc(Cl)o1. The van der Waals surface area contributed by atoms with Gasteiger partial charge in [-0.15, -0.1) is 0 Å². The molecule has 0 aromatic carbocycles.